The Morgan fingerprint density at radius 2 is 2.08 bits per heavy atom. The standard InChI is InChI=1S/C18H24N4O2.2ClH/c1-11-3-2-4-22-14(10-20-18(11)22)7-17(24)21-15-5-12-8-19-9-13(12)6-16(15)23;;/h2-4,10,12-13,15-16,19,23H,5-9H2,1H3,(H,21,24);2*1H/t12-,13+,15-,16-;;/m0../s1. The second kappa shape index (κ2) is 8.57. The number of aromatic nitrogens is 2. The van der Waals surface area contributed by atoms with E-state index in [1.807, 2.05) is 29.7 Å². The molecule has 1 aliphatic heterocycles. The molecule has 2 aliphatic rings. The lowest BCUT2D eigenvalue weighted by Crippen LogP contribution is -2.49. The Bertz CT molecular complexity index is 767. The number of imidazole rings is 1. The number of pyridine rings is 1. The van der Waals surface area contributed by atoms with Crippen molar-refractivity contribution in [3.05, 3.63) is 35.8 Å². The molecule has 3 N–H and O–H groups in total. The fourth-order valence-electron chi connectivity index (χ4n) is 4.21. The van der Waals surface area contributed by atoms with Gasteiger partial charge in [0.05, 0.1) is 24.3 Å². The summed E-state index contributed by atoms with van der Waals surface area (Å²) >= 11 is 0. The zero-order valence-corrected chi connectivity index (χ0v) is 16.4. The fraction of sp³-hybridized carbons (Fsp3) is 0.556. The number of amides is 1. The summed E-state index contributed by atoms with van der Waals surface area (Å²) in [6.07, 6.45) is 5.16. The van der Waals surface area contributed by atoms with Gasteiger partial charge in [-0.05, 0) is 56.3 Å². The van der Waals surface area contributed by atoms with Crippen LogP contribution in [0.3, 0.4) is 0 Å². The summed E-state index contributed by atoms with van der Waals surface area (Å²) in [6.45, 7) is 4.00. The highest BCUT2D eigenvalue weighted by Crippen LogP contribution is 2.32. The Kier molecular flexibility index (Phi) is 6.91. The van der Waals surface area contributed by atoms with Crippen LogP contribution in [0.15, 0.2) is 24.5 Å². The SMILES string of the molecule is Cc1cccn2c(CC(=O)N[C@H]3C[C@H]4CNC[C@H]4C[C@@H]3O)cnc12.Cl.Cl. The second-order valence-corrected chi connectivity index (χ2v) is 7.20. The lowest BCUT2D eigenvalue weighted by atomic mass is 9.77. The summed E-state index contributed by atoms with van der Waals surface area (Å²) in [5, 5.41) is 16.8. The molecule has 2 fully saturated rings. The van der Waals surface area contributed by atoms with Crippen LogP contribution in [0.4, 0.5) is 0 Å². The summed E-state index contributed by atoms with van der Waals surface area (Å²) in [7, 11) is 0. The van der Waals surface area contributed by atoms with Crippen LogP contribution in [0.1, 0.15) is 24.1 Å². The van der Waals surface area contributed by atoms with Gasteiger partial charge in [0.1, 0.15) is 5.65 Å². The van der Waals surface area contributed by atoms with Gasteiger partial charge in [-0.2, -0.15) is 0 Å². The smallest absolute Gasteiger partial charge is 0.226 e. The summed E-state index contributed by atoms with van der Waals surface area (Å²) in [5.74, 6) is 1.07. The predicted molar refractivity (Wildman–Crippen MR) is 105 cm³/mol. The zero-order chi connectivity index (χ0) is 16.7. The van der Waals surface area contributed by atoms with Crippen molar-refractivity contribution < 1.29 is 9.90 Å². The van der Waals surface area contributed by atoms with E-state index >= 15 is 0 Å². The molecular formula is C18H26Cl2N4O2. The molecule has 144 valence electrons. The van der Waals surface area contributed by atoms with E-state index in [0.717, 1.165) is 42.8 Å². The molecule has 2 aromatic heterocycles. The van der Waals surface area contributed by atoms with E-state index in [2.05, 4.69) is 15.6 Å². The number of halogens is 2. The van der Waals surface area contributed by atoms with E-state index in [1.165, 1.54) is 0 Å². The molecule has 4 rings (SSSR count). The molecule has 1 saturated carbocycles. The summed E-state index contributed by atoms with van der Waals surface area (Å²) < 4.78 is 1.96. The van der Waals surface area contributed by atoms with E-state index in [0.29, 0.717) is 11.8 Å². The van der Waals surface area contributed by atoms with Gasteiger partial charge in [0.15, 0.2) is 0 Å². The van der Waals surface area contributed by atoms with Gasteiger partial charge in [0.25, 0.3) is 0 Å². The lowest BCUT2D eigenvalue weighted by molar-refractivity contribution is -0.122. The van der Waals surface area contributed by atoms with E-state index < -0.39 is 6.10 Å². The van der Waals surface area contributed by atoms with Crippen molar-refractivity contribution in [2.45, 2.75) is 38.3 Å². The van der Waals surface area contributed by atoms with Crippen LogP contribution < -0.4 is 10.6 Å². The van der Waals surface area contributed by atoms with Crippen molar-refractivity contribution >= 4 is 36.4 Å². The summed E-state index contributed by atoms with van der Waals surface area (Å²) in [4.78, 5) is 16.9. The maximum Gasteiger partial charge on any atom is 0.226 e. The first-order valence-corrected chi connectivity index (χ1v) is 8.71. The molecule has 2 aromatic rings. The number of rotatable bonds is 3. The van der Waals surface area contributed by atoms with Crippen molar-refractivity contribution in [2.75, 3.05) is 13.1 Å². The van der Waals surface area contributed by atoms with Gasteiger partial charge in [-0.15, -0.1) is 24.8 Å². The Hall–Kier alpha value is -1.34. The van der Waals surface area contributed by atoms with E-state index in [9.17, 15) is 9.90 Å². The molecule has 8 heteroatoms. The molecule has 1 saturated heterocycles. The quantitative estimate of drug-likeness (QED) is 0.729. The minimum atomic E-state index is -0.445. The highest BCUT2D eigenvalue weighted by atomic mass is 35.5. The number of aryl methyl sites for hydroxylation is 1. The summed E-state index contributed by atoms with van der Waals surface area (Å²) in [6, 6.07) is 3.83. The first kappa shape index (κ1) is 21.0. The Balaban J connectivity index is 0.00000121. The highest BCUT2D eigenvalue weighted by Gasteiger charge is 2.39. The number of hydrogen-bond acceptors (Lipinski definition) is 4. The van der Waals surface area contributed by atoms with Gasteiger partial charge < -0.3 is 20.1 Å². The topological polar surface area (TPSA) is 78.7 Å². The van der Waals surface area contributed by atoms with Crippen molar-refractivity contribution in [1.82, 2.24) is 20.0 Å². The monoisotopic (exact) mass is 400 g/mol. The zero-order valence-electron chi connectivity index (χ0n) is 14.7. The van der Waals surface area contributed by atoms with Crippen molar-refractivity contribution in [1.29, 1.82) is 0 Å². The van der Waals surface area contributed by atoms with E-state index in [1.54, 1.807) is 6.20 Å². The predicted octanol–water partition coefficient (Wildman–Crippen LogP) is 1.50. The highest BCUT2D eigenvalue weighted by molar-refractivity contribution is 5.85. The van der Waals surface area contributed by atoms with Gasteiger partial charge in [0.2, 0.25) is 5.91 Å². The number of aliphatic hydroxyl groups is 1. The fourth-order valence-corrected chi connectivity index (χ4v) is 4.21. The number of nitrogens with one attached hydrogen (secondary N) is 2. The molecule has 0 bridgehead atoms. The first-order chi connectivity index (χ1) is 11.6. The molecular weight excluding hydrogens is 375 g/mol. The largest absolute Gasteiger partial charge is 0.391 e. The second-order valence-electron chi connectivity index (χ2n) is 7.20. The van der Waals surface area contributed by atoms with Crippen LogP contribution >= 0.6 is 24.8 Å². The van der Waals surface area contributed by atoms with Gasteiger partial charge in [0, 0.05) is 12.4 Å². The number of nitrogens with zero attached hydrogens (tertiary/aromatic N) is 2. The minimum Gasteiger partial charge on any atom is -0.391 e. The third kappa shape index (κ3) is 3.98. The van der Waals surface area contributed by atoms with Gasteiger partial charge in [-0.25, -0.2) is 4.98 Å². The number of aliphatic hydroxyl groups excluding tert-OH is 1. The van der Waals surface area contributed by atoms with Crippen LogP contribution in [0.5, 0.6) is 0 Å². The Morgan fingerprint density at radius 1 is 1.35 bits per heavy atom. The van der Waals surface area contributed by atoms with Crippen LogP contribution in [-0.2, 0) is 11.2 Å². The Labute approximate surface area is 165 Å². The Morgan fingerprint density at radius 3 is 2.85 bits per heavy atom. The average Bonchev–Trinajstić information content (AvgIpc) is 3.15. The van der Waals surface area contributed by atoms with Crippen LogP contribution in [0.25, 0.3) is 5.65 Å². The number of carbonyl (C=O) groups is 1. The average molecular weight is 401 g/mol. The molecule has 26 heavy (non-hydrogen) atoms. The lowest BCUT2D eigenvalue weighted by Gasteiger charge is -2.35. The molecule has 0 unspecified atom stereocenters. The van der Waals surface area contributed by atoms with Crippen molar-refractivity contribution in [3.8, 4) is 0 Å². The maximum absolute atomic E-state index is 12.5. The summed E-state index contributed by atoms with van der Waals surface area (Å²) in [5.41, 5.74) is 2.85. The minimum absolute atomic E-state index is 0. The van der Waals surface area contributed by atoms with E-state index in [4.69, 9.17) is 0 Å². The van der Waals surface area contributed by atoms with Gasteiger partial charge in [-0.3, -0.25) is 4.79 Å². The third-order valence-corrected chi connectivity index (χ3v) is 5.54. The van der Waals surface area contributed by atoms with Gasteiger partial charge >= 0.3 is 0 Å². The molecule has 3 heterocycles. The molecule has 0 radical (unpaired) electrons. The van der Waals surface area contributed by atoms with Crippen LogP contribution in [-0.4, -0.2) is 45.6 Å². The molecule has 0 spiro atoms. The molecule has 1 amide bonds. The third-order valence-electron chi connectivity index (χ3n) is 5.54. The maximum atomic E-state index is 12.5. The molecule has 0 aromatic carbocycles. The number of carbonyl (C=O) groups excluding carboxylic acids is 1. The van der Waals surface area contributed by atoms with E-state index in [-0.39, 0.29) is 43.2 Å². The van der Waals surface area contributed by atoms with Crippen molar-refractivity contribution in [3.63, 3.8) is 0 Å². The van der Waals surface area contributed by atoms with Gasteiger partial charge in [-0.1, -0.05) is 6.07 Å². The number of hydrogen-bond donors (Lipinski definition) is 3. The molecule has 1 aliphatic carbocycles. The first-order valence-electron chi connectivity index (χ1n) is 8.71. The van der Waals surface area contributed by atoms with Crippen LogP contribution in [0, 0.1) is 18.8 Å². The van der Waals surface area contributed by atoms with Crippen molar-refractivity contribution in [2.24, 2.45) is 11.8 Å². The molecule has 4 atom stereocenters. The molecule has 6 nitrogen and oxygen atoms in total. The normalized spacial score (nSPS) is 27.3. The number of fused-ring (bicyclic) bond motifs is 2. The van der Waals surface area contributed by atoms with Crippen LogP contribution in [0.2, 0.25) is 0 Å².